The molecule has 1 unspecified atom stereocenters. The maximum Gasteiger partial charge on any atom is 0.309 e. The van der Waals surface area contributed by atoms with Crippen LogP contribution in [0.1, 0.15) is 54.6 Å². The first-order valence-corrected chi connectivity index (χ1v) is 9.52. The summed E-state index contributed by atoms with van der Waals surface area (Å²) in [4.78, 5) is 29.7. The summed E-state index contributed by atoms with van der Waals surface area (Å²) in [5.41, 5.74) is 1.14. The molecule has 0 aliphatic heterocycles. The standard InChI is InChI=1S/C18H25NO4S/c1-10(2)9-23-18(21)11-4-5-14-15(8-11)24-16(19-14)12-6-13(7-12)17(20)22-3/h10-13H,4-9H2,1-3H3. The van der Waals surface area contributed by atoms with Gasteiger partial charge in [-0.15, -0.1) is 11.3 Å². The number of esters is 2. The van der Waals surface area contributed by atoms with E-state index in [4.69, 9.17) is 14.5 Å². The first-order valence-electron chi connectivity index (χ1n) is 8.70. The molecule has 0 aromatic carbocycles. The second kappa shape index (κ2) is 7.21. The van der Waals surface area contributed by atoms with Crippen molar-refractivity contribution in [3.8, 4) is 0 Å². The lowest BCUT2D eigenvalue weighted by Crippen LogP contribution is -2.29. The third kappa shape index (κ3) is 3.63. The van der Waals surface area contributed by atoms with E-state index < -0.39 is 0 Å². The Bertz CT molecular complexity index is 619. The van der Waals surface area contributed by atoms with Crippen LogP contribution < -0.4 is 0 Å². The number of methoxy groups -OCH3 is 1. The molecule has 132 valence electrons. The summed E-state index contributed by atoms with van der Waals surface area (Å²) >= 11 is 1.72. The van der Waals surface area contributed by atoms with Gasteiger partial charge in [0.15, 0.2) is 0 Å². The van der Waals surface area contributed by atoms with E-state index >= 15 is 0 Å². The van der Waals surface area contributed by atoms with Crippen LogP contribution in [0, 0.1) is 17.8 Å². The van der Waals surface area contributed by atoms with Gasteiger partial charge in [0, 0.05) is 10.8 Å². The number of nitrogens with zero attached hydrogens (tertiary/aromatic N) is 1. The Balaban J connectivity index is 1.57. The SMILES string of the molecule is COC(=O)C1CC(c2nc3c(s2)CC(C(=O)OCC(C)C)CC3)C1. The molecule has 1 atom stereocenters. The van der Waals surface area contributed by atoms with Crippen LogP contribution in [0.5, 0.6) is 0 Å². The average molecular weight is 351 g/mol. The Morgan fingerprint density at radius 2 is 2.00 bits per heavy atom. The monoisotopic (exact) mass is 351 g/mol. The number of ether oxygens (including phenoxy) is 2. The van der Waals surface area contributed by atoms with Crippen molar-refractivity contribution in [1.82, 2.24) is 4.98 Å². The Labute approximate surface area is 146 Å². The highest BCUT2D eigenvalue weighted by Crippen LogP contribution is 2.45. The maximum absolute atomic E-state index is 12.2. The number of carbonyl (C=O) groups is 2. The third-order valence-corrected chi connectivity index (χ3v) is 6.15. The van der Waals surface area contributed by atoms with E-state index in [1.807, 2.05) is 13.8 Å². The van der Waals surface area contributed by atoms with Crippen molar-refractivity contribution < 1.29 is 19.1 Å². The first-order chi connectivity index (χ1) is 11.5. The number of hydrogen-bond acceptors (Lipinski definition) is 6. The Kier molecular flexibility index (Phi) is 5.23. The van der Waals surface area contributed by atoms with Crippen LogP contribution in [-0.2, 0) is 31.9 Å². The molecule has 5 nitrogen and oxygen atoms in total. The molecule has 0 spiro atoms. The molecule has 0 radical (unpaired) electrons. The topological polar surface area (TPSA) is 65.5 Å². The molecule has 1 saturated carbocycles. The highest BCUT2D eigenvalue weighted by atomic mass is 32.1. The minimum Gasteiger partial charge on any atom is -0.469 e. The zero-order valence-corrected chi connectivity index (χ0v) is 15.4. The van der Waals surface area contributed by atoms with E-state index in [0.29, 0.717) is 18.4 Å². The number of hydrogen-bond donors (Lipinski definition) is 0. The summed E-state index contributed by atoms with van der Waals surface area (Å²) in [7, 11) is 1.44. The minimum atomic E-state index is -0.111. The fraction of sp³-hybridized carbons (Fsp3) is 0.722. The minimum absolute atomic E-state index is 0.0275. The molecular weight excluding hydrogens is 326 g/mol. The Morgan fingerprint density at radius 1 is 1.25 bits per heavy atom. The lowest BCUT2D eigenvalue weighted by Gasteiger charge is -2.31. The normalized spacial score (nSPS) is 25.8. The molecule has 6 heteroatoms. The van der Waals surface area contributed by atoms with Crippen LogP contribution in [0.15, 0.2) is 0 Å². The highest BCUT2D eigenvalue weighted by Gasteiger charge is 2.39. The van der Waals surface area contributed by atoms with Gasteiger partial charge in [0.25, 0.3) is 0 Å². The Hall–Kier alpha value is -1.43. The van der Waals surface area contributed by atoms with Gasteiger partial charge in [-0.2, -0.15) is 0 Å². The average Bonchev–Trinajstić information content (AvgIpc) is 2.93. The molecule has 0 saturated heterocycles. The smallest absolute Gasteiger partial charge is 0.309 e. The largest absolute Gasteiger partial charge is 0.469 e. The van der Waals surface area contributed by atoms with E-state index in [2.05, 4.69) is 0 Å². The van der Waals surface area contributed by atoms with Gasteiger partial charge in [-0.1, -0.05) is 13.8 Å². The molecule has 2 aliphatic rings. The van der Waals surface area contributed by atoms with Crippen molar-refractivity contribution in [2.24, 2.45) is 17.8 Å². The zero-order valence-electron chi connectivity index (χ0n) is 14.5. The predicted octanol–water partition coefficient (Wildman–Crippen LogP) is 3.11. The number of carbonyl (C=O) groups excluding carboxylic acids is 2. The number of rotatable bonds is 5. The second-order valence-electron chi connectivity index (χ2n) is 7.27. The number of fused-ring (bicyclic) bond motifs is 1. The van der Waals surface area contributed by atoms with Crippen molar-refractivity contribution in [1.29, 1.82) is 0 Å². The van der Waals surface area contributed by atoms with Gasteiger partial charge in [0.2, 0.25) is 0 Å². The van der Waals surface area contributed by atoms with Gasteiger partial charge < -0.3 is 9.47 Å². The van der Waals surface area contributed by atoms with E-state index in [-0.39, 0.29) is 23.8 Å². The molecule has 1 heterocycles. The van der Waals surface area contributed by atoms with Crippen LogP contribution in [-0.4, -0.2) is 30.6 Å². The van der Waals surface area contributed by atoms with Gasteiger partial charge in [0.1, 0.15) is 0 Å². The predicted molar refractivity (Wildman–Crippen MR) is 90.9 cm³/mol. The van der Waals surface area contributed by atoms with E-state index in [1.165, 1.54) is 12.0 Å². The van der Waals surface area contributed by atoms with Crippen LogP contribution >= 0.6 is 11.3 Å². The second-order valence-corrected chi connectivity index (χ2v) is 8.39. The van der Waals surface area contributed by atoms with E-state index in [0.717, 1.165) is 42.8 Å². The van der Waals surface area contributed by atoms with Crippen molar-refractivity contribution in [2.75, 3.05) is 13.7 Å². The third-order valence-electron chi connectivity index (χ3n) is 4.87. The highest BCUT2D eigenvalue weighted by molar-refractivity contribution is 7.11. The van der Waals surface area contributed by atoms with Crippen LogP contribution in [0.2, 0.25) is 0 Å². The van der Waals surface area contributed by atoms with E-state index in [1.54, 1.807) is 11.3 Å². The Morgan fingerprint density at radius 3 is 2.67 bits per heavy atom. The summed E-state index contributed by atoms with van der Waals surface area (Å²) in [5, 5.41) is 1.12. The molecule has 1 aromatic heterocycles. The van der Waals surface area contributed by atoms with Gasteiger partial charge in [-0.25, -0.2) is 4.98 Å². The summed E-state index contributed by atoms with van der Waals surface area (Å²) in [6, 6.07) is 0. The van der Waals surface area contributed by atoms with E-state index in [9.17, 15) is 9.59 Å². The summed E-state index contributed by atoms with van der Waals surface area (Å²) in [6.45, 7) is 4.58. The molecule has 0 bridgehead atoms. The van der Waals surface area contributed by atoms with Gasteiger partial charge in [0.05, 0.1) is 36.3 Å². The van der Waals surface area contributed by atoms with Gasteiger partial charge >= 0.3 is 11.9 Å². The lowest BCUT2D eigenvalue weighted by atomic mass is 9.75. The zero-order chi connectivity index (χ0) is 17.3. The van der Waals surface area contributed by atoms with Crippen LogP contribution in [0.3, 0.4) is 0 Å². The summed E-state index contributed by atoms with van der Waals surface area (Å²) < 4.78 is 10.2. The number of aryl methyl sites for hydroxylation is 1. The first kappa shape index (κ1) is 17.4. The van der Waals surface area contributed by atoms with Crippen LogP contribution in [0.4, 0.5) is 0 Å². The molecule has 1 aromatic rings. The van der Waals surface area contributed by atoms with Crippen molar-refractivity contribution >= 4 is 23.3 Å². The summed E-state index contributed by atoms with van der Waals surface area (Å²) in [6.07, 6.45) is 4.08. The fourth-order valence-electron chi connectivity index (χ4n) is 3.32. The molecule has 2 aliphatic carbocycles. The maximum atomic E-state index is 12.2. The molecule has 1 fully saturated rings. The number of thiazole rings is 1. The van der Waals surface area contributed by atoms with Crippen molar-refractivity contribution in [3.63, 3.8) is 0 Å². The molecule has 0 N–H and O–H groups in total. The molecule has 3 rings (SSSR count). The van der Waals surface area contributed by atoms with Gasteiger partial charge in [-0.3, -0.25) is 9.59 Å². The van der Waals surface area contributed by atoms with Gasteiger partial charge in [-0.05, 0) is 38.0 Å². The van der Waals surface area contributed by atoms with Crippen molar-refractivity contribution in [3.05, 3.63) is 15.6 Å². The molecular formula is C18H25NO4S. The lowest BCUT2D eigenvalue weighted by molar-refractivity contribution is -0.150. The fourth-order valence-corrected chi connectivity index (χ4v) is 4.63. The number of aromatic nitrogens is 1. The van der Waals surface area contributed by atoms with Crippen molar-refractivity contribution in [2.45, 2.75) is 51.9 Å². The molecule has 24 heavy (non-hydrogen) atoms. The molecule has 0 amide bonds. The van der Waals surface area contributed by atoms with Crippen LogP contribution in [0.25, 0.3) is 0 Å². The summed E-state index contributed by atoms with van der Waals surface area (Å²) in [5.74, 6) is 0.549. The quantitative estimate of drug-likeness (QED) is 0.763.